The smallest absolute Gasteiger partial charge is 0.384 e. The standard InChI is InChI=1S/C5H8N4O2S/c6-3(7)9-4(10)11-5-8-1-2-12-5/h1-2H2,(H4,6,7,9,10). The molecule has 6 nitrogen and oxygen atoms in total. The summed E-state index contributed by atoms with van der Waals surface area (Å²) in [5.74, 6) is 0.508. The molecule has 0 aromatic carbocycles. The van der Waals surface area contributed by atoms with Gasteiger partial charge in [0.2, 0.25) is 0 Å². The molecule has 7 heteroatoms. The van der Waals surface area contributed by atoms with Crippen LogP contribution in [0.25, 0.3) is 0 Å². The average molecular weight is 188 g/mol. The van der Waals surface area contributed by atoms with Gasteiger partial charge in [-0.15, -0.1) is 4.99 Å². The summed E-state index contributed by atoms with van der Waals surface area (Å²) in [6.45, 7) is 0.662. The van der Waals surface area contributed by atoms with E-state index in [1.54, 1.807) is 0 Å². The molecule has 1 amide bonds. The molecular weight excluding hydrogens is 180 g/mol. The predicted molar refractivity (Wildman–Crippen MR) is 47.1 cm³/mol. The summed E-state index contributed by atoms with van der Waals surface area (Å²) >= 11 is 1.35. The Morgan fingerprint density at radius 1 is 1.67 bits per heavy atom. The quantitative estimate of drug-likeness (QED) is 0.394. The maximum Gasteiger partial charge on any atom is 0.444 e. The number of guanidine groups is 1. The zero-order valence-electron chi connectivity index (χ0n) is 6.19. The molecule has 0 radical (unpaired) electrons. The lowest BCUT2D eigenvalue weighted by molar-refractivity contribution is 0.210. The second-order valence-corrected chi connectivity index (χ2v) is 2.95. The van der Waals surface area contributed by atoms with Crippen LogP contribution < -0.4 is 11.5 Å². The van der Waals surface area contributed by atoms with Gasteiger partial charge in [0.1, 0.15) is 0 Å². The molecule has 12 heavy (non-hydrogen) atoms. The van der Waals surface area contributed by atoms with E-state index in [0.29, 0.717) is 11.8 Å². The number of aliphatic imine (C=N–C) groups is 2. The number of carbonyl (C=O) groups is 1. The van der Waals surface area contributed by atoms with Crippen LogP contribution in [0.15, 0.2) is 9.98 Å². The maximum absolute atomic E-state index is 10.7. The molecule has 0 aromatic rings. The number of amides is 1. The summed E-state index contributed by atoms with van der Waals surface area (Å²) in [5.41, 5.74) is 9.90. The van der Waals surface area contributed by atoms with E-state index in [-0.39, 0.29) is 5.96 Å². The minimum atomic E-state index is -0.830. The Kier molecular flexibility index (Phi) is 2.92. The third kappa shape index (κ3) is 2.79. The van der Waals surface area contributed by atoms with E-state index in [1.807, 2.05) is 0 Å². The van der Waals surface area contributed by atoms with Crippen LogP contribution in [-0.4, -0.2) is 29.6 Å². The van der Waals surface area contributed by atoms with Crippen molar-refractivity contribution < 1.29 is 9.53 Å². The lowest BCUT2D eigenvalue weighted by Crippen LogP contribution is -2.24. The first kappa shape index (κ1) is 8.85. The molecule has 0 saturated heterocycles. The van der Waals surface area contributed by atoms with Gasteiger partial charge in [0.05, 0.1) is 6.54 Å². The zero-order valence-corrected chi connectivity index (χ0v) is 7.00. The lowest BCUT2D eigenvalue weighted by atomic mass is 10.8. The number of nitrogens with two attached hydrogens (primary N) is 2. The normalized spacial score (nSPS) is 15.2. The van der Waals surface area contributed by atoms with Gasteiger partial charge in [0.25, 0.3) is 5.23 Å². The molecular formula is C5H8N4O2S. The fraction of sp³-hybridized carbons (Fsp3) is 0.400. The number of hydrogen-bond donors (Lipinski definition) is 2. The summed E-state index contributed by atoms with van der Waals surface area (Å²) in [6.07, 6.45) is -0.830. The second-order valence-electron chi connectivity index (χ2n) is 1.90. The third-order valence-electron chi connectivity index (χ3n) is 0.953. The molecule has 4 N–H and O–H groups in total. The molecule has 0 spiro atoms. The van der Waals surface area contributed by atoms with Gasteiger partial charge in [-0.05, 0) is 0 Å². The van der Waals surface area contributed by atoms with E-state index in [4.69, 9.17) is 11.5 Å². The van der Waals surface area contributed by atoms with Crippen LogP contribution >= 0.6 is 11.8 Å². The van der Waals surface area contributed by atoms with Crippen molar-refractivity contribution in [2.75, 3.05) is 12.3 Å². The molecule has 0 bridgehead atoms. The van der Waals surface area contributed by atoms with Crippen LogP contribution in [0.2, 0.25) is 0 Å². The first-order chi connectivity index (χ1) is 5.68. The van der Waals surface area contributed by atoms with Gasteiger partial charge in [0, 0.05) is 5.75 Å². The first-order valence-corrected chi connectivity index (χ1v) is 4.16. The predicted octanol–water partition coefficient (Wildman–Crippen LogP) is -0.501. The fourth-order valence-corrected chi connectivity index (χ4v) is 1.25. The summed E-state index contributed by atoms with van der Waals surface area (Å²) in [4.78, 5) is 17.8. The van der Waals surface area contributed by atoms with Gasteiger partial charge in [0.15, 0.2) is 5.96 Å². The van der Waals surface area contributed by atoms with Crippen LogP contribution in [0.5, 0.6) is 0 Å². The summed E-state index contributed by atoms with van der Waals surface area (Å²) in [7, 11) is 0. The van der Waals surface area contributed by atoms with Crippen molar-refractivity contribution in [3.05, 3.63) is 0 Å². The number of ether oxygens (including phenoxy) is 1. The van der Waals surface area contributed by atoms with Crippen molar-refractivity contribution in [3.8, 4) is 0 Å². The number of nitrogens with zero attached hydrogens (tertiary/aromatic N) is 2. The highest BCUT2D eigenvalue weighted by atomic mass is 32.2. The molecule has 0 saturated carbocycles. The Morgan fingerprint density at radius 2 is 2.42 bits per heavy atom. The zero-order chi connectivity index (χ0) is 8.97. The number of hydrogen-bond acceptors (Lipinski definition) is 4. The fourth-order valence-electron chi connectivity index (χ4n) is 0.580. The van der Waals surface area contributed by atoms with Crippen molar-refractivity contribution in [2.24, 2.45) is 21.5 Å². The molecule has 1 aliphatic rings. The summed E-state index contributed by atoms with van der Waals surface area (Å²) in [5, 5.41) is 0.324. The van der Waals surface area contributed by atoms with E-state index in [0.717, 1.165) is 5.75 Å². The second kappa shape index (κ2) is 3.96. The molecule has 0 aliphatic carbocycles. The molecule has 0 unspecified atom stereocenters. The van der Waals surface area contributed by atoms with Crippen molar-refractivity contribution in [3.63, 3.8) is 0 Å². The SMILES string of the molecule is NC(N)=NC(=O)OC1=NCCS1. The minimum absolute atomic E-state index is 0.316. The van der Waals surface area contributed by atoms with Crippen molar-refractivity contribution in [1.82, 2.24) is 0 Å². The molecule has 0 atom stereocenters. The maximum atomic E-state index is 10.7. The Hall–Kier alpha value is -1.24. The average Bonchev–Trinajstić information content (AvgIpc) is 2.37. The van der Waals surface area contributed by atoms with Gasteiger partial charge >= 0.3 is 6.09 Å². The molecule has 66 valence electrons. The molecule has 0 aromatic heterocycles. The Labute approximate surface area is 73.1 Å². The van der Waals surface area contributed by atoms with Crippen LogP contribution in [-0.2, 0) is 4.74 Å². The van der Waals surface area contributed by atoms with Crippen LogP contribution in [0.1, 0.15) is 0 Å². The number of rotatable bonds is 0. The van der Waals surface area contributed by atoms with Crippen molar-refractivity contribution in [2.45, 2.75) is 0 Å². The summed E-state index contributed by atoms with van der Waals surface area (Å²) < 4.78 is 4.65. The highest BCUT2D eigenvalue weighted by Gasteiger charge is 2.12. The molecule has 1 heterocycles. The highest BCUT2D eigenvalue weighted by molar-refractivity contribution is 8.13. The van der Waals surface area contributed by atoms with Crippen molar-refractivity contribution in [1.29, 1.82) is 0 Å². The number of carbonyl (C=O) groups excluding carboxylic acids is 1. The lowest BCUT2D eigenvalue weighted by Gasteiger charge is -1.96. The van der Waals surface area contributed by atoms with Gasteiger partial charge in [-0.3, -0.25) is 0 Å². The molecule has 1 rings (SSSR count). The van der Waals surface area contributed by atoms with Gasteiger partial charge in [-0.2, -0.15) is 0 Å². The van der Waals surface area contributed by atoms with Crippen LogP contribution in [0.4, 0.5) is 4.79 Å². The van der Waals surface area contributed by atoms with Gasteiger partial charge < -0.3 is 16.2 Å². The monoisotopic (exact) mass is 188 g/mol. The van der Waals surface area contributed by atoms with E-state index in [1.165, 1.54) is 11.8 Å². The van der Waals surface area contributed by atoms with Gasteiger partial charge in [-0.25, -0.2) is 9.79 Å². The van der Waals surface area contributed by atoms with E-state index < -0.39 is 6.09 Å². The topological polar surface area (TPSA) is 103 Å². The Morgan fingerprint density at radius 3 is 2.92 bits per heavy atom. The van der Waals surface area contributed by atoms with Crippen LogP contribution in [0, 0.1) is 0 Å². The van der Waals surface area contributed by atoms with E-state index >= 15 is 0 Å². The molecule has 1 aliphatic heterocycles. The Bertz CT molecular complexity index is 246. The third-order valence-corrected chi connectivity index (χ3v) is 1.80. The Balaban J connectivity index is 2.41. The molecule has 0 fully saturated rings. The first-order valence-electron chi connectivity index (χ1n) is 3.17. The minimum Gasteiger partial charge on any atom is -0.384 e. The van der Waals surface area contributed by atoms with E-state index in [9.17, 15) is 4.79 Å². The van der Waals surface area contributed by atoms with Crippen LogP contribution in [0.3, 0.4) is 0 Å². The summed E-state index contributed by atoms with van der Waals surface area (Å²) in [6, 6.07) is 0. The largest absolute Gasteiger partial charge is 0.444 e. The van der Waals surface area contributed by atoms with Crippen molar-refractivity contribution >= 4 is 29.0 Å². The number of thioether (sulfide) groups is 1. The van der Waals surface area contributed by atoms with Gasteiger partial charge in [-0.1, -0.05) is 11.8 Å². The highest BCUT2D eigenvalue weighted by Crippen LogP contribution is 2.12. The van der Waals surface area contributed by atoms with E-state index in [2.05, 4.69) is 14.7 Å².